The molecule has 0 unspecified atom stereocenters. The van der Waals surface area contributed by atoms with Gasteiger partial charge in [-0.2, -0.15) is 0 Å². The van der Waals surface area contributed by atoms with Gasteiger partial charge < -0.3 is 4.90 Å². The smallest absolute Gasteiger partial charge is 0.225 e. The van der Waals surface area contributed by atoms with Gasteiger partial charge in [0.2, 0.25) is 5.95 Å². The molecule has 0 aliphatic carbocycles. The Morgan fingerprint density at radius 2 is 2.12 bits per heavy atom. The number of aromatic nitrogens is 3. The lowest BCUT2D eigenvalue weighted by atomic mass is 10.2. The van der Waals surface area contributed by atoms with Crippen molar-refractivity contribution in [1.82, 2.24) is 14.8 Å². The lowest BCUT2D eigenvalue weighted by Crippen LogP contribution is -2.23. The fourth-order valence-corrected chi connectivity index (χ4v) is 2.07. The van der Waals surface area contributed by atoms with E-state index in [1.165, 1.54) is 19.3 Å². The van der Waals surface area contributed by atoms with Crippen molar-refractivity contribution in [2.45, 2.75) is 46.1 Å². The van der Waals surface area contributed by atoms with Crippen molar-refractivity contribution in [3.8, 4) is 0 Å². The lowest BCUT2D eigenvalue weighted by Gasteiger charge is -2.20. The lowest BCUT2D eigenvalue weighted by molar-refractivity contribution is 0.579. The summed E-state index contributed by atoms with van der Waals surface area (Å²) in [6, 6.07) is 0.342. The summed E-state index contributed by atoms with van der Waals surface area (Å²) in [5.74, 6) is 0.941. The van der Waals surface area contributed by atoms with E-state index in [9.17, 15) is 0 Å². The number of rotatable bonds is 6. The quantitative estimate of drug-likeness (QED) is 0.615. The third-order valence-electron chi connectivity index (χ3n) is 2.64. The van der Waals surface area contributed by atoms with Crippen molar-refractivity contribution < 1.29 is 0 Å². The van der Waals surface area contributed by atoms with Crippen LogP contribution < -0.4 is 4.90 Å². The van der Waals surface area contributed by atoms with Crippen LogP contribution in [-0.4, -0.2) is 28.4 Å². The van der Waals surface area contributed by atoms with Gasteiger partial charge in [0.05, 0.1) is 0 Å². The van der Waals surface area contributed by atoms with Gasteiger partial charge in [0.25, 0.3) is 0 Å². The molecule has 0 bridgehead atoms. The second-order valence-electron chi connectivity index (χ2n) is 4.42. The van der Waals surface area contributed by atoms with E-state index in [2.05, 4.69) is 47.5 Å². The maximum atomic E-state index is 5.22. The Morgan fingerprint density at radius 1 is 1.44 bits per heavy atom. The molecule has 0 saturated carbocycles. The maximum absolute atomic E-state index is 5.22. The molecule has 0 aliphatic heterocycles. The Bertz CT molecular complexity index is 366. The number of aromatic amines is 1. The van der Waals surface area contributed by atoms with Crippen LogP contribution in [0.3, 0.4) is 0 Å². The van der Waals surface area contributed by atoms with E-state index in [-0.39, 0.29) is 0 Å². The van der Waals surface area contributed by atoms with Crippen molar-refractivity contribution in [3.63, 3.8) is 0 Å². The van der Waals surface area contributed by atoms with Crippen LogP contribution in [0.15, 0.2) is 0 Å². The first kappa shape index (κ1) is 13.2. The number of H-pyrrole nitrogens is 1. The zero-order chi connectivity index (χ0) is 12.1. The molecule has 5 heteroatoms. The predicted molar refractivity (Wildman–Crippen MR) is 70.6 cm³/mol. The van der Waals surface area contributed by atoms with Gasteiger partial charge in [-0.15, -0.1) is 5.10 Å². The molecule has 0 amide bonds. The van der Waals surface area contributed by atoms with Crippen molar-refractivity contribution in [3.05, 3.63) is 4.77 Å². The second kappa shape index (κ2) is 6.03. The Kier molecular flexibility index (Phi) is 4.99. The molecule has 0 aromatic carbocycles. The Balaban J connectivity index is 2.75. The molecule has 92 valence electrons. The number of unbranched alkanes of at least 4 members (excludes halogenated alkanes) is 2. The van der Waals surface area contributed by atoms with Gasteiger partial charge in [-0.3, -0.25) is 4.57 Å². The normalized spacial score (nSPS) is 11.1. The van der Waals surface area contributed by atoms with Crippen molar-refractivity contribution >= 4 is 18.2 Å². The molecule has 0 saturated heterocycles. The molecule has 0 aliphatic rings. The van der Waals surface area contributed by atoms with Crippen LogP contribution in [0.25, 0.3) is 0 Å². The van der Waals surface area contributed by atoms with E-state index in [4.69, 9.17) is 12.2 Å². The fourth-order valence-electron chi connectivity index (χ4n) is 1.73. The fraction of sp³-hybridized carbons (Fsp3) is 0.818. The number of hydrogen-bond acceptors (Lipinski definition) is 3. The van der Waals surface area contributed by atoms with Crippen LogP contribution in [0.4, 0.5) is 5.95 Å². The van der Waals surface area contributed by atoms with E-state index in [1.54, 1.807) is 0 Å². The second-order valence-corrected chi connectivity index (χ2v) is 4.81. The van der Waals surface area contributed by atoms with Crippen LogP contribution in [-0.2, 0) is 0 Å². The molecule has 1 rings (SSSR count). The first-order valence-corrected chi connectivity index (χ1v) is 6.36. The van der Waals surface area contributed by atoms with E-state index >= 15 is 0 Å². The van der Waals surface area contributed by atoms with Crippen molar-refractivity contribution in [2.75, 3.05) is 18.5 Å². The first-order chi connectivity index (χ1) is 7.57. The number of nitrogens with zero attached hydrogens (tertiary/aromatic N) is 3. The summed E-state index contributed by atoms with van der Waals surface area (Å²) in [6.07, 6.45) is 3.70. The third-order valence-corrected chi connectivity index (χ3v) is 2.93. The summed E-state index contributed by atoms with van der Waals surface area (Å²) in [6.45, 7) is 7.48. The van der Waals surface area contributed by atoms with E-state index in [0.29, 0.717) is 10.8 Å². The average Bonchev–Trinajstić information content (AvgIpc) is 2.60. The number of hydrogen-bond donors (Lipinski definition) is 1. The van der Waals surface area contributed by atoms with Gasteiger partial charge in [0.15, 0.2) is 4.77 Å². The Morgan fingerprint density at radius 3 is 2.69 bits per heavy atom. The van der Waals surface area contributed by atoms with Gasteiger partial charge >= 0.3 is 0 Å². The van der Waals surface area contributed by atoms with Gasteiger partial charge in [0.1, 0.15) is 0 Å². The van der Waals surface area contributed by atoms with E-state index < -0.39 is 0 Å². The minimum Gasteiger partial charge on any atom is -0.344 e. The molecule has 4 nitrogen and oxygen atoms in total. The van der Waals surface area contributed by atoms with Gasteiger partial charge in [-0.1, -0.05) is 19.8 Å². The predicted octanol–water partition coefficient (Wildman–Crippen LogP) is 3.15. The molecule has 0 radical (unpaired) electrons. The zero-order valence-electron chi connectivity index (χ0n) is 10.7. The molecule has 16 heavy (non-hydrogen) atoms. The SMILES string of the molecule is CCCCCN(C)c1n[nH]c(=S)n1C(C)C. The Labute approximate surface area is 103 Å². The standard InChI is InChI=1S/C11H22N4S/c1-5-6-7-8-14(4)10-12-13-11(16)15(10)9(2)3/h9H,5-8H2,1-4H3,(H,13,16). The van der Waals surface area contributed by atoms with Crippen molar-refractivity contribution in [1.29, 1.82) is 0 Å². The van der Waals surface area contributed by atoms with E-state index in [1.807, 2.05) is 0 Å². The van der Waals surface area contributed by atoms with Crippen LogP contribution in [0.2, 0.25) is 0 Å². The number of nitrogens with one attached hydrogen (secondary N) is 1. The summed E-state index contributed by atoms with van der Waals surface area (Å²) in [5, 5.41) is 7.15. The largest absolute Gasteiger partial charge is 0.344 e. The van der Waals surface area contributed by atoms with Crippen molar-refractivity contribution in [2.24, 2.45) is 0 Å². The average molecular weight is 242 g/mol. The zero-order valence-corrected chi connectivity index (χ0v) is 11.5. The molecular formula is C11H22N4S. The molecule has 0 fully saturated rings. The monoisotopic (exact) mass is 242 g/mol. The summed E-state index contributed by atoms with van der Waals surface area (Å²) < 4.78 is 2.76. The summed E-state index contributed by atoms with van der Waals surface area (Å²) in [7, 11) is 2.07. The van der Waals surface area contributed by atoms with E-state index in [0.717, 1.165) is 12.5 Å². The molecule has 1 aromatic rings. The minimum atomic E-state index is 0.342. The van der Waals surface area contributed by atoms with Crippen LogP contribution in [0, 0.1) is 4.77 Å². The third kappa shape index (κ3) is 3.07. The van der Waals surface area contributed by atoms with Crippen LogP contribution in [0.5, 0.6) is 0 Å². The first-order valence-electron chi connectivity index (χ1n) is 5.96. The molecule has 0 spiro atoms. The molecule has 0 atom stereocenters. The van der Waals surface area contributed by atoms with Crippen LogP contribution in [0.1, 0.15) is 46.1 Å². The molecular weight excluding hydrogens is 220 g/mol. The highest BCUT2D eigenvalue weighted by Gasteiger charge is 2.12. The van der Waals surface area contributed by atoms with Gasteiger partial charge in [-0.25, -0.2) is 5.10 Å². The van der Waals surface area contributed by atoms with Gasteiger partial charge in [-0.05, 0) is 32.5 Å². The summed E-state index contributed by atoms with van der Waals surface area (Å²) in [5.41, 5.74) is 0. The highest BCUT2D eigenvalue weighted by atomic mass is 32.1. The number of anilines is 1. The van der Waals surface area contributed by atoms with Gasteiger partial charge in [0, 0.05) is 19.6 Å². The molecule has 1 N–H and O–H groups in total. The van der Waals surface area contributed by atoms with Crippen LogP contribution >= 0.6 is 12.2 Å². The maximum Gasteiger partial charge on any atom is 0.225 e. The molecule has 1 heterocycles. The molecule has 1 aromatic heterocycles. The summed E-state index contributed by atoms with van der Waals surface area (Å²) >= 11 is 5.22. The topological polar surface area (TPSA) is 36.9 Å². The highest BCUT2D eigenvalue weighted by molar-refractivity contribution is 7.71. The Hall–Kier alpha value is -0.840. The summed E-state index contributed by atoms with van der Waals surface area (Å²) in [4.78, 5) is 2.17. The minimum absolute atomic E-state index is 0.342. The highest BCUT2D eigenvalue weighted by Crippen LogP contribution is 2.16.